The van der Waals surface area contributed by atoms with Crippen LogP contribution in [0, 0.1) is 5.82 Å². The van der Waals surface area contributed by atoms with Crippen LogP contribution in [0.25, 0.3) is 11.0 Å². The quantitative estimate of drug-likeness (QED) is 0.699. The van der Waals surface area contributed by atoms with Gasteiger partial charge in [-0.25, -0.2) is 9.37 Å². The van der Waals surface area contributed by atoms with Gasteiger partial charge in [0.2, 0.25) is 0 Å². The second kappa shape index (κ2) is 5.35. The van der Waals surface area contributed by atoms with Gasteiger partial charge < -0.3 is 5.32 Å². The van der Waals surface area contributed by atoms with Crippen molar-refractivity contribution < 1.29 is 4.39 Å². The van der Waals surface area contributed by atoms with Crippen molar-refractivity contribution in [2.24, 2.45) is 0 Å². The van der Waals surface area contributed by atoms with Crippen molar-refractivity contribution in [2.45, 2.75) is 25.9 Å². The number of hydrogen-bond donors (Lipinski definition) is 1. The zero-order valence-corrected chi connectivity index (χ0v) is 11.9. The molecule has 2 rings (SSSR count). The van der Waals surface area contributed by atoms with Crippen LogP contribution in [0.3, 0.4) is 0 Å². The van der Waals surface area contributed by atoms with Crippen LogP contribution in [0.15, 0.2) is 16.9 Å². The lowest BCUT2D eigenvalue weighted by molar-refractivity contribution is 0.623. The molecule has 19 heavy (non-hydrogen) atoms. The van der Waals surface area contributed by atoms with Gasteiger partial charge in [0, 0.05) is 17.5 Å². The zero-order chi connectivity index (χ0) is 14.2. The minimum atomic E-state index is -0.638. The average molecular weight is 304 g/mol. The maximum Gasteiger partial charge on any atom is 0.255 e. The molecule has 0 amide bonds. The first-order valence-electron chi connectivity index (χ1n) is 5.66. The van der Waals surface area contributed by atoms with Crippen LogP contribution in [-0.4, -0.2) is 15.6 Å². The molecule has 0 aromatic carbocycles. The van der Waals surface area contributed by atoms with Gasteiger partial charge >= 0.3 is 0 Å². The number of hydrogen-bond acceptors (Lipinski definition) is 3. The third kappa shape index (κ3) is 2.67. The van der Waals surface area contributed by atoms with E-state index in [1.165, 1.54) is 16.7 Å². The van der Waals surface area contributed by atoms with E-state index < -0.39 is 5.82 Å². The molecule has 2 aromatic rings. The Morgan fingerprint density at radius 3 is 2.74 bits per heavy atom. The highest BCUT2D eigenvalue weighted by atomic mass is 35.5. The number of halogens is 3. The summed E-state index contributed by atoms with van der Waals surface area (Å²) in [4.78, 5) is 15.8. The van der Waals surface area contributed by atoms with Gasteiger partial charge in [0.1, 0.15) is 11.7 Å². The van der Waals surface area contributed by atoms with E-state index in [0.717, 1.165) is 0 Å². The molecule has 0 bridgehead atoms. The van der Waals surface area contributed by atoms with Crippen molar-refractivity contribution in [1.29, 1.82) is 0 Å². The Balaban J connectivity index is 2.84. The van der Waals surface area contributed by atoms with Crippen LogP contribution < -0.4 is 10.9 Å². The standard InChI is InChI=1S/C12H12Cl2FN3O/c1-6(2)16-9-4-10(19)18(5-13)12-7(9)3-8(15)11(14)17-12/h3-4,6,16H,5H2,1-2H3. The fourth-order valence-electron chi connectivity index (χ4n) is 1.79. The summed E-state index contributed by atoms with van der Waals surface area (Å²) in [6.07, 6.45) is 0. The molecule has 0 atom stereocenters. The largest absolute Gasteiger partial charge is 0.382 e. The fourth-order valence-corrected chi connectivity index (χ4v) is 2.16. The molecule has 0 radical (unpaired) electrons. The molecule has 0 fully saturated rings. The summed E-state index contributed by atoms with van der Waals surface area (Å²) in [7, 11) is 0. The van der Waals surface area contributed by atoms with E-state index in [4.69, 9.17) is 23.2 Å². The lowest BCUT2D eigenvalue weighted by Gasteiger charge is -2.15. The highest BCUT2D eigenvalue weighted by Crippen LogP contribution is 2.25. The normalized spacial score (nSPS) is 11.3. The topological polar surface area (TPSA) is 46.9 Å². The number of fused-ring (bicyclic) bond motifs is 1. The Kier molecular flexibility index (Phi) is 3.96. The van der Waals surface area contributed by atoms with Crippen molar-refractivity contribution in [3.8, 4) is 0 Å². The Hall–Kier alpha value is -1.33. The molecule has 0 aliphatic rings. The van der Waals surface area contributed by atoms with Crippen molar-refractivity contribution in [3.05, 3.63) is 33.5 Å². The molecule has 2 heterocycles. The summed E-state index contributed by atoms with van der Waals surface area (Å²) in [5.41, 5.74) is 0.456. The van der Waals surface area contributed by atoms with E-state index in [0.29, 0.717) is 11.1 Å². The smallest absolute Gasteiger partial charge is 0.255 e. The Labute approximate surface area is 119 Å². The van der Waals surface area contributed by atoms with Crippen molar-refractivity contribution in [3.63, 3.8) is 0 Å². The van der Waals surface area contributed by atoms with Crippen LogP contribution in [0.2, 0.25) is 5.15 Å². The van der Waals surface area contributed by atoms with Crippen LogP contribution in [0.4, 0.5) is 10.1 Å². The van der Waals surface area contributed by atoms with E-state index >= 15 is 0 Å². The summed E-state index contributed by atoms with van der Waals surface area (Å²) in [5.74, 6) is -0.638. The molecule has 1 N–H and O–H groups in total. The van der Waals surface area contributed by atoms with Crippen LogP contribution in [0.5, 0.6) is 0 Å². The van der Waals surface area contributed by atoms with E-state index in [1.807, 2.05) is 13.8 Å². The molecule has 0 spiro atoms. The first-order chi connectivity index (χ1) is 8.93. The van der Waals surface area contributed by atoms with Crippen molar-refractivity contribution in [2.75, 3.05) is 5.32 Å². The van der Waals surface area contributed by atoms with Gasteiger partial charge in [-0.1, -0.05) is 11.6 Å². The van der Waals surface area contributed by atoms with Gasteiger partial charge in [0.15, 0.2) is 11.0 Å². The van der Waals surface area contributed by atoms with E-state index in [9.17, 15) is 9.18 Å². The monoisotopic (exact) mass is 303 g/mol. The molecule has 102 valence electrons. The molecule has 0 aliphatic heterocycles. The first-order valence-corrected chi connectivity index (χ1v) is 6.57. The van der Waals surface area contributed by atoms with E-state index in [2.05, 4.69) is 10.3 Å². The highest BCUT2D eigenvalue weighted by molar-refractivity contribution is 6.30. The minimum Gasteiger partial charge on any atom is -0.382 e. The van der Waals surface area contributed by atoms with Crippen LogP contribution in [0.1, 0.15) is 13.8 Å². The predicted molar refractivity (Wildman–Crippen MR) is 75.6 cm³/mol. The molecule has 2 aromatic heterocycles. The number of pyridine rings is 2. The van der Waals surface area contributed by atoms with E-state index in [-0.39, 0.29) is 28.4 Å². The molecule has 7 heteroatoms. The molecule has 0 saturated carbocycles. The number of aromatic nitrogens is 2. The SMILES string of the molecule is CC(C)Nc1cc(=O)n(CCl)c2nc(Cl)c(F)cc12. The summed E-state index contributed by atoms with van der Waals surface area (Å²) in [6.45, 7) is 3.83. The molecule has 4 nitrogen and oxygen atoms in total. The second-order valence-electron chi connectivity index (χ2n) is 4.38. The van der Waals surface area contributed by atoms with Gasteiger partial charge in [-0.2, -0.15) is 0 Å². The minimum absolute atomic E-state index is 0.0771. The highest BCUT2D eigenvalue weighted by Gasteiger charge is 2.13. The molecule has 0 unspecified atom stereocenters. The Morgan fingerprint density at radius 2 is 2.16 bits per heavy atom. The number of anilines is 1. The predicted octanol–water partition coefficient (Wildman–Crippen LogP) is 3.21. The maximum atomic E-state index is 13.6. The maximum absolute atomic E-state index is 13.6. The molecule has 0 aliphatic carbocycles. The third-order valence-electron chi connectivity index (χ3n) is 2.56. The summed E-state index contributed by atoms with van der Waals surface area (Å²) in [5, 5.41) is 3.26. The Bertz CT molecular complexity index is 685. The number of rotatable bonds is 3. The lowest BCUT2D eigenvalue weighted by atomic mass is 10.2. The third-order valence-corrected chi connectivity index (χ3v) is 3.06. The van der Waals surface area contributed by atoms with Gasteiger partial charge in [0.25, 0.3) is 5.56 Å². The fraction of sp³-hybridized carbons (Fsp3) is 0.333. The van der Waals surface area contributed by atoms with E-state index in [1.54, 1.807) is 0 Å². The number of nitrogens with one attached hydrogen (secondary N) is 1. The van der Waals surface area contributed by atoms with Gasteiger partial charge in [-0.3, -0.25) is 9.36 Å². The number of nitrogens with zero attached hydrogens (tertiary/aromatic N) is 2. The lowest BCUT2D eigenvalue weighted by Crippen LogP contribution is -2.21. The van der Waals surface area contributed by atoms with Crippen LogP contribution in [-0.2, 0) is 6.00 Å². The molecular formula is C12H12Cl2FN3O. The zero-order valence-electron chi connectivity index (χ0n) is 10.4. The molecular weight excluding hydrogens is 292 g/mol. The van der Waals surface area contributed by atoms with Gasteiger partial charge in [-0.05, 0) is 19.9 Å². The average Bonchev–Trinajstić information content (AvgIpc) is 2.31. The van der Waals surface area contributed by atoms with Gasteiger partial charge in [0.05, 0.1) is 5.69 Å². The van der Waals surface area contributed by atoms with Crippen molar-refractivity contribution >= 4 is 39.9 Å². The first kappa shape index (κ1) is 14.1. The summed E-state index contributed by atoms with van der Waals surface area (Å²) >= 11 is 11.4. The van der Waals surface area contributed by atoms with Gasteiger partial charge in [-0.15, -0.1) is 11.6 Å². The molecule has 0 saturated heterocycles. The Morgan fingerprint density at radius 1 is 1.47 bits per heavy atom. The van der Waals surface area contributed by atoms with Crippen LogP contribution >= 0.6 is 23.2 Å². The summed E-state index contributed by atoms with van der Waals surface area (Å²) < 4.78 is 14.8. The number of alkyl halides is 1. The van der Waals surface area contributed by atoms with Crippen molar-refractivity contribution in [1.82, 2.24) is 9.55 Å². The summed E-state index contributed by atoms with van der Waals surface area (Å²) in [6, 6.07) is 2.64. The second-order valence-corrected chi connectivity index (χ2v) is 4.97.